The molecule has 0 heterocycles. The molecule has 0 atom stereocenters. The minimum atomic E-state index is -1.08. The fourth-order valence-electron chi connectivity index (χ4n) is 2.05. The van der Waals surface area contributed by atoms with Gasteiger partial charge in [-0.1, -0.05) is 28.1 Å². The van der Waals surface area contributed by atoms with Crippen LogP contribution in [0.3, 0.4) is 0 Å². The maximum absolute atomic E-state index is 10.8. The average Bonchev–Trinajstić information content (AvgIpc) is 2.39. The molecule has 0 spiro atoms. The first-order chi connectivity index (χ1) is 9.97. The van der Waals surface area contributed by atoms with Gasteiger partial charge in [0.2, 0.25) is 0 Å². The molecule has 0 saturated carbocycles. The lowest BCUT2D eigenvalue weighted by Crippen LogP contribution is -2.11. The van der Waals surface area contributed by atoms with Crippen LogP contribution in [0.2, 0.25) is 0 Å². The van der Waals surface area contributed by atoms with Gasteiger partial charge in [-0.15, -0.1) is 0 Å². The third-order valence-corrected chi connectivity index (χ3v) is 3.65. The van der Waals surface area contributed by atoms with Crippen molar-refractivity contribution in [2.75, 3.05) is 5.32 Å². The molecule has 110 valence electrons. The lowest BCUT2D eigenvalue weighted by Gasteiger charge is -2.14. The first kappa shape index (κ1) is 15.4. The van der Waals surface area contributed by atoms with Gasteiger partial charge in [0, 0.05) is 10.0 Å². The summed E-state index contributed by atoms with van der Waals surface area (Å²) in [5.41, 5.74) is 3.39. The van der Waals surface area contributed by atoms with Crippen molar-refractivity contribution < 1.29 is 14.6 Å². The summed E-state index contributed by atoms with van der Waals surface area (Å²) < 4.78 is 6.82. The van der Waals surface area contributed by atoms with E-state index < -0.39 is 6.09 Å². The highest BCUT2D eigenvalue weighted by molar-refractivity contribution is 9.10. The van der Waals surface area contributed by atoms with E-state index in [0.29, 0.717) is 12.3 Å². The number of rotatable bonds is 4. The van der Waals surface area contributed by atoms with E-state index in [9.17, 15) is 4.79 Å². The molecule has 0 aliphatic carbocycles. The quantitative estimate of drug-likeness (QED) is 0.838. The van der Waals surface area contributed by atoms with Gasteiger partial charge < -0.3 is 9.84 Å². The molecule has 0 aromatic heterocycles. The van der Waals surface area contributed by atoms with Crippen molar-refractivity contribution >= 4 is 27.7 Å². The molecular weight excluding hydrogens is 334 g/mol. The number of carboxylic acid groups (broad SMARTS) is 1. The number of nitrogens with one attached hydrogen (secondary N) is 1. The minimum Gasteiger partial charge on any atom is -0.489 e. The Labute approximate surface area is 131 Å². The SMILES string of the molecule is Cc1cc(Br)ccc1OCc1c(C)cccc1NC(=O)O. The Kier molecular flexibility index (Phi) is 4.85. The number of carbonyl (C=O) groups is 1. The summed E-state index contributed by atoms with van der Waals surface area (Å²) in [5, 5.41) is 11.3. The van der Waals surface area contributed by atoms with Crippen LogP contribution in [0.15, 0.2) is 40.9 Å². The van der Waals surface area contributed by atoms with Crippen molar-refractivity contribution in [1.82, 2.24) is 0 Å². The Balaban J connectivity index is 2.21. The van der Waals surface area contributed by atoms with Gasteiger partial charge in [-0.05, 0) is 49.2 Å². The van der Waals surface area contributed by atoms with Crippen LogP contribution >= 0.6 is 15.9 Å². The molecule has 21 heavy (non-hydrogen) atoms. The maximum Gasteiger partial charge on any atom is 0.409 e. The molecule has 0 bridgehead atoms. The van der Waals surface area contributed by atoms with Crippen LogP contribution in [0.1, 0.15) is 16.7 Å². The van der Waals surface area contributed by atoms with E-state index >= 15 is 0 Å². The third-order valence-electron chi connectivity index (χ3n) is 3.16. The van der Waals surface area contributed by atoms with Gasteiger partial charge in [0.1, 0.15) is 12.4 Å². The highest BCUT2D eigenvalue weighted by atomic mass is 79.9. The number of amides is 1. The molecule has 2 aromatic carbocycles. The van der Waals surface area contributed by atoms with Crippen molar-refractivity contribution in [3.8, 4) is 5.75 Å². The standard InChI is InChI=1S/C16H16BrNO3/c1-10-4-3-5-14(18-16(19)20)13(10)9-21-15-7-6-12(17)8-11(15)2/h3-8,18H,9H2,1-2H3,(H,19,20). The van der Waals surface area contributed by atoms with Gasteiger partial charge in [-0.25, -0.2) is 4.79 Å². The van der Waals surface area contributed by atoms with Gasteiger partial charge in [-0.3, -0.25) is 5.32 Å². The van der Waals surface area contributed by atoms with Gasteiger partial charge in [0.15, 0.2) is 0 Å². The van der Waals surface area contributed by atoms with Crippen molar-refractivity contribution in [3.05, 3.63) is 57.6 Å². The summed E-state index contributed by atoms with van der Waals surface area (Å²) in [6.45, 7) is 4.21. The predicted molar refractivity (Wildman–Crippen MR) is 86.0 cm³/mol. The Morgan fingerprint density at radius 1 is 1.24 bits per heavy atom. The summed E-state index contributed by atoms with van der Waals surface area (Å²) in [6.07, 6.45) is -1.08. The smallest absolute Gasteiger partial charge is 0.409 e. The monoisotopic (exact) mass is 349 g/mol. The number of aryl methyl sites for hydroxylation is 2. The zero-order chi connectivity index (χ0) is 15.4. The molecule has 0 radical (unpaired) electrons. The Hall–Kier alpha value is -2.01. The third kappa shape index (κ3) is 3.98. The van der Waals surface area contributed by atoms with Crippen molar-refractivity contribution in [2.24, 2.45) is 0 Å². The van der Waals surface area contributed by atoms with Gasteiger partial charge >= 0.3 is 6.09 Å². The lowest BCUT2D eigenvalue weighted by atomic mass is 10.1. The molecule has 2 N–H and O–H groups in total. The normalized spacial score (nSPS) is 10.2. The Morgan fingerprint density at radius 2 is 2.00 bits per heavy atom. The summed E-state index contributed by atoms with van der Waals surface area (Å²) in [6, 6.07) is 11.3. The molecule has 0 unspecified atom stereocenters. The van der Waals surface area contributed by atoms with E-state index in [4.69, 9.17) is 9.84 Å². The van der Waals surface area contributed by atoms with E-state index in [2.05, 4.69) is 21.2 Å². The second kappa shape index (κ2) is 6.63. The predicted octanol–water partition coefficient (Wildman–Crippen LogP) is 4.73. The van der Waals surface area contributed by atoms with Crippen LogP contribution in [0.25, 0.3) is 0 Å². The molecule has 4 nitrogen and oxygen atoms in total. The fourth-order valence-corrected chi connectivity index (χ4v) is 2.53. The summed E-state index contributed by atoms with van der Waals surface area (Å²) >= 11 is 3.41. The largest absolute Gasteiger partial charge is 0.489 e. The van der Waals surface area contributed by atoms with Gasteiger partial charge in [-0.2, -0.15) is 0 Å². The van der Waals surface area contributed by atoms with Gasteiger partial charge in [0.25, 0.3) is 0 Å². The van der Waals surface area contributed by atoms with Crippen molar-refractivity contribution in [1.29, 1.82) is 0 Å². The van der Waals surface area contributed by atoms with E-state index in [0.717, 1.165) is 26.9 Å². The molecule has 0 aliphatic rings. The second-order valence-electron chi connectivity index (χ2n) is 4.73. The highest BCUT2D eigenvalue weighted by Gasteiger charge is 2.09. The molecule has 0 fully saturated rings. The molecular formula is C16H16BrNO3. The van der Waals surface area contributed by atoms with E-state index in [-0.39, 0.29) is 0 Å². The van der Waals surface area contributed by atoms with Crippen LogP contribution in [0, 0.1) is 13.8 Å². The first-order valence-corrected chi connectivity index (χ1v) is 7.24. The molecule has 0 saturated heterocycles. The fraction of sp³-hybridized carbons (Fsp3) is 0.188. The van der Waals surface area contributed by atoms with E-state index in [1.807, 2.05) is 44.2 Å². The maximum atomic E-state index is 10.8. The number of ether oxygens (including phenoxy) is 1. The number of anilines is 1. The number of hydrogen-bond acceptors (Lipinski definition) is 2. The number of benzene rings is 2. The average molecular weight is 350 g/mol. The topological polar surface area (TPSA) is 58.6 Å². The molecule has 1 amide bonds. The Morgan fingerprint density at radius 3 is 2.67 bits per heavy atom. The summed E-state index contributed by atoms with van der Waals surface area (Å²) in [4.78, 5) is 10.8. The number of hydrogen-bond donors (Lipinski definition) is 2. The second-order valence-corrected chi connectivity index (χ2v) is 5.65. The van der Waals surface area contributed by atoms with E-state index in [1.54, 1.807) is 6.07 Å². The van der Waals surface area contributed by atoms with Crippen LogP contribution in [-0.2, 0) is 6.61 Å². The van der Waals surface area contributed by atoms with Crippen molar-refractivity contribution in [2.45, 2.75) is 20.5 Å². The molecule has 2 rings (SSSR count). The minimum absolute atomic E-state index is 0.310. The zero-order valence-electron chi connectivity index (χ0n) is 11.8. The van der Waals surface area contributed by atoms with Crippen LogP contribution < -0.4 is 10.1 Å². The summed E-state index contributed by atoms with van der Waals surface area (Å²) in [7, 11) is 0. The zero-order valence-corrected chi connectivity index (χ0v) is 13.4. The van der Waals surface area contributed by atoms with Crippen LogP contribution in [-0.4, -0.2) is 11.2 Å². The van der Waals surface area contributed by atoms with E-state index in [1.165, 1.54) is 0 Å². The van der Waals surface area contributed by atoms with Crippen LogP contribution in [0.5, 0.6) is 5.75 Å². The molecule has 2 aromatic rings. The first-order valence-electron chi connectivity index (χ1n) is 6.45. The summed E-state index contributed by atoms with van der Waals surface area (Å²) in [5.74, 6) is 0.780. The Bertz CT molecular complexity index is 671. The molecule has 5 heteroatoms. The van der Waals surface area contributed by atoms with Gasteiger partial charge in [0.05, 0.1) is 5.69 Å². The molecule has 0 aliphatic heterocycles. The lowest BCUT2D eigenvalue weighted by molar-refractivity contribution is 0.209. The number of halogens is 1. The highest BCUT2D eigenvalue weighted by Crippen LogP contribution is 2.26. The van der Waals surface area contributed by atoms with Crippen LogP contribution in [0.4, 0.5) is 10.5 Å². The van der Waals surface area contributed by atoms with Crippen molar-refractivity contribution in [3.63, 3.8) is 0 Å².